The summed E-state index contributed by atoms with van der Waals surface area (Å²) in [4.78, 5) is 13.4. The molecule has 9 heteroatoms. The van der Waals surface area contributed by atoms with E-state index in [1.807, 2.05) is 24.4 Å². The van der Waals surface area contributed by atoms with Crippen LogP contribution in [0.2, 0.25) is 0 Å². The van der Waals surface area contributed by atoms with Crippen LogP contribution in [0.5, 0.6) is 11.5 Å². The van der Waals surface area contributed by atoms with Crippen LogP contribution in [0.25, 0.3) is 0 Å². The molecule has 1 N–H and O–H groups in total. The van der Waals surface area contributed by atoms with Gasteiger partial charge in [0.1, 0.15) is 16.4 Å². The smallest absolute Gasteiger partial charge is 0.263 e. The molecule has 0 aliphatic rings. The first-order valence-electron chi connectivity index (χ1n) is 11.9. The van der Waals surface area contributed by atoms with E-state index < -0.39 is 16.9 Å². The van der Waals surface area contributed by atoms with Crippen molar-refractivity contribution in [3.63, 3.8) is 0 Å². The van der Waals surface area contributed by atoms with Crippen molar-refractivity contribution in [2.45, 2.75) is 50.5 Å². The van der Waals surface area contributed by atoms with Gasteiger partial charge in [0.25, 0.3) is 5.91 Å². The van der Waals surface area contributed by atoms with Gasteiger partial charge in [0, 0.05) is 35.5 Å². The molecular weight excluding hydrogens is 478 g/mol. The van der Waals surface area contributed by atoms with Gasteiger partial charge in [0.15, 0.2) is 11.0 Å². The number of nitrogens with one attached hydrogen (secondary N) is 1. The Kier molecular flexibility index (Phi) is 9.66. The molecule has 0 aliphatic carbocycles. The molecule has 0 saturated carbocycles. The van der Waals surface area contributed by atoms with Crippen LogP contribution in [0, 0.1) is 0 Å². The summed E-state index contributed by atoms with van der Waals surface area (Å²) >= 11 is 0. The number of aromatic nitrogens is 2. The molecule has 1 atom stereocenters. The van der Waals surface area contributed by atoms with Gasteiger partial charge >= 0.3 is 0 Å². The van der Waals surface area contributed by atoms with Crippen LogP contribution >= 0.6 is 0 Å². The van der Waals surface area contributed by atoms with E-state index in [1.54, 1.807) is 42.3 Å². The van der Waals surface area contributed by atoms with Crippen molar-refractivity contribution < 1.29 is 23.2 Å². The maximum atomic E-state index is 13.2. The summed E-state index contributed by atoms with van der Waals surface area (Å²) in [6, 6.07) is 12.5. The second-order valence-corrected chi connectivity index (χ2v) is 10.3. The molecule has 0 fully saturated rings. The van der Waals surface area contributed by atoms with Gasteiger partial charge in [-0.3, -0.25) is 14.2 Å². The van der Waals surface area contributed by atoms with E-state index >= 15 is 0 Å². The number of hydrogen-bond donors (Lipinski definition) is 1. The minimum absolute atomic E-state index is 0.305. The van der Waals surface area contributed by atoms with Gasteiger partial charge in [-0.2, -0.15) is 5.10 Å². The molecule has 1 unspecified atom stereocenters. The molecule has 0 radical (unpaired) electrons. The Morgan fingerprint density at radius 1 is 1.11 bits per heavy atom. The molecule has 2 aromatic carbocycles. The summed E-state index contributed by atoms with van der Waals surface area (Å²) in [5, 5.41) is 4.20. The molecule has 8 nitrogen and oxygen atoms in total. The molecule has 36 heavy (non-hydrogen) atoms. The number of hydrogen-bond acceptors (Lipinski definition) is 6. The zero-order valence-electron chi connectivity index (χ0n) is 21.6. The maximum absolute atomic E-state index is 13.2. The molecule has 0 saturated heterocycles. The van der Waals surface area contributed by atoms with Crippen LogP contribution in [0.4, 0.5) is 0 Å². The van der Waals surface area contributed by atoms with Gasteiger partial charge in [-0.05, 0) is 42.3 Å². The first-order chi connectivity index (χ1) is 17.3. The highest BCUT2D eigenvalue weighted by atomic mass is 32.2. The van der Waals surface area contributed by atoms with Crippen LogP contribution in [0.1, 0.15) is 55.1 Å². The Labute approximate surface area is 215 Å². The molecule has 194 valence electrons. The summed E-state index contributed by atoms with van der Waals surface area (Å²) in [5.74, 6) is 0.507. The lowest BCUT2D eigenvalue weighted by Crippen LogP contribution is -2.28. The number of methoxy groups -OCH3 is 2. The summed E-state index contributed by atoms with van der Waals surface area (Å²) in [6.07, 6.45) is 5.64. The second-order valence-electron chi connectivity index (χ2n) is 9.09. The van der Waals surface area contributed by atoms with Gasteiger partial charge in [-0.1, -0.05) is 39.3 Å². The summed E-state index contributed by atoms with van der Waals surface area (Å²) in [5.41, 5.74) is 1.85. The third-order valence-electron chi connectivity index (χ3n) is 5.88. The van der Waals surface area contributed by atoms with E-state index in [1.165, 1.54) is 7.11 Å². The summed E-state index contributed by atoms with van der Waals surface area (Å²) in [7, 11) is 1.22. The minimum Gasteiger partial charge on any atom is -0.496 e. The fraction of sp³-hybridized carbons (Fsp3) is 0.407. The van der Waals surface area contributed by atoms with E-state index in [-0.39, 0.29) is 5.41 Å². The van der Waals surface area contributed by atoms with Crippen molar-refractivity contribution in [3.8, 4) is 11.5 Å². The van der Waals surface area contributed by atoms with E-state index in [4.69, 9.17) is 14.2 Å². The van der Waals surface area contributed by atoms with E-state index in [0.717, 1.165) is 24.0 Å². The predicted octanol–water partition coefficient (Wildman–Crippen LogP) is 4.50. The molecule has 3 aromatic rings. The third kappa shape index (κ3) is 6.95. The molecule has 1 heterocycles. The Morgan fingerprint density at radius 3 is 2.56 bits per heavy atom. The van der Waals surface area contributed by atoms with Crippen molar-refractivity contribution in [1.82, 2.24) is 14.5 Å². The quantitative estimate of drug-likeness (QED) is 0.339. The fourth-order valence-corrected chi connectivity index (χ4v) is 4.65. The third-order valence-corrected chi connectivity index (χ3v) is 6.97. The average Bonchev–Trinajstić information content (AvgIpc) is 3.39. The van der Waals surface area contributed by atoms with Crippen molar-refractivity contribution in [1.29, 1.82) is 0 Å². The largest absolute Gasteiger partial charge is 0.496 e. The summed E-state index contributed by atoms with van der Waals surface area (Å²) < 4.78 is 34.4. The van der Waals surface area contributed by atoms with Crippen LogP contribution in [0.3, 0.4) is 0 Å². The van der Waals surface area contributed by atoms with Crippen molar-refractivity contribution >= 4 is 16.9 Å². The highest BCUT2D eigenvalue weighted by Crippen LogP contribution is 2.30. The molecule has 3 rings (SSSR count). The monoisotopic (exact) mass is 513 g/mol. The number of carbonyl (C=O) groups is 1. The van der Waals surface area contributed by atoms with E-state index in [2.05, 4.69) is 30.6 Å². The van der Waals surface area contributed by atoms with Crippen molar-refractivity contribution in [3.05, 3.63) is 71.5 Å². The Hall–Kier alpha value is -3.17. The summed E-state index contributed by atoms with van der Waals surface area (Å²) in [6.45, 7) is 8.01. The number of rotatable bonds is 13. The predicted molar refractivity (Wildman–Crippen MR) is 140 cm³/mol. The number of ether oxygens (including phenoxy) is 3. The van der Waals surface area contributed by atoms with E-state index in [9.17, 15) is 9.00 Å². The lowest BCUT2D eigenvalue weighted by molar-refractivity contribution is 0.0924. The Morgan fingerprint density at radius 2 is 1.89 bits per heavy atom. The standard InChI is InChI=1S/C27H35N3O5S/c1-6-7-15-35-19-27(2,3)22-11-12-23(33-4)25(17-22)36(32)29-26(31)20-9-10-21(24(16-20)34-5)18-30-14-8-13-28-30/h8-14,16-17H,6-7,15,18-19H2,1-5H3,(H,29,31). The zero-order valence-corrected chi connectivity index (χ0v) is 22.4. The average molecular weight is 514 g/mol. The Bertz CT molecular complexity index is 1180. The number of carbonyl (C=O) groups excluding carboxylic acids is 1. The van der Waals surface area contributed by atoms with Gasteiger partial charge in [-0.25, -0.2) is 4.21 Å². The number of benzene rings is 2. The first kappa shape index (κ1) is 27.4. The SMILES string of the molecule is CCCCOCC(C)(C)c1ccc(OC)c(S(=O)NC(=O)c2ccc(Cn3cccn3)c(OC)c2)c1. The van der Waals surface area contributed by atoms with Gasteiger partial charge in [0.05, 0.1) is 27.4 Å². The van der Waals surface area contributed by atoms with Gasteiger partial charge in [0.2, 0.25) is 0 Å². The maximum Gasteiger partial charge on any atom is 0.263 e. The molecule has 0 spiro atoms. The molecule has 1 amide bonds. The number of amides is 1. The van der Waals surface area contributed by atoms with Crippen LogP contribution in [-0.4, -0.2) is 47.3 Å². The zero-order chi connectivity index (χ0) is 26.1. The molecule has 0 bridgehead atoms. The van der Waals surface area contributed by atoms with Gasteiger partial charge in [-0.15, -0.1) is 0 Å². The highest BCUT2D eigenvalue weighted by molar-refractivity contribution is 7.83. The lowest BCUT2D eigenvalue weighted by atomic mass is 9.85. The number of nitrogens with zero attached hydrogens (tertiary/aromatic N) is 2. The van der Waals surface area contributed by atoms with Crippen molar-refractivity contribution in [2.75, 3.05) is 27.4 Å². The van der Waals surface area contributed by atoms with E-state index in [0.29, 0.717) is 41.7 Å². The normalized spacial score (nSPS) is 12.2. The lowest BCUT2D eigenvalue weighted by Gasteiger charge is -2.26. The minimum atomic E-state index is -1.84. The first-order valence-corrected chi connectivity index (χ1v) is 13.1. The van der Waals surface area contributed by atoms with Gasteiger partial charge < -0.3 is 14.2 Å². The Balaban J connectivity index is 1.76. The molecule has 1 aromatic heterocycles. The topological polar surface area (TPSA) is 91.7 Å². The fourth-order valence-electron chi connectivity index (χ4n) is 3.68. The van der Waals surface area contributed by atoms with Crippen LogP contribution in [-0.2, 0) is 27.7 Å². The van der Waals surface area contributed by atoms with Crippen molar-refractivity contribution in [2.24, 2.45) is 0 Å². The number of unbranched alkanes of at least 4 members (excludes halogenated alkanes) is 1. The molecular formula is C27H35N3O5S. The second kappa shape index (κ2) is 12.7. The van der Waals surface area contributed by atoms with Crippen LogP contribution < -0.4 is 14.2 Å². The highest BCUT2D eigenvalue weighted by Gasteiger charge is 2.24. The molecule has 0 aliphatic heterocycles. The van der Waals surface area contributed by atoms with Crippen LogP contribution in [0.15, 0.2) is 59.8 Å².